The van der Waals surface area contributed by atoms with E-state index in [1.54, 1.807) is 6.92 Å². The number of hydrogen-bond acceptors (Lipinski definition) is 3. The fourth-order valence-corrected chi connectivity index (χ4v) is 1.26. The summed E-state index contributed by atoms with van der Waals surface area (Å²) in [6, 6.07) is 1.30. The molecule has 14 heavy (non-hydrogen) atoms. The Morgan fingerprint density at radius 1 is 1.57 bits per heavy atom. The molecule has 0 unspecified atom stereocenters. The topological polar surface area (TPSA) is 65.1 Å². The molecule has 0 spiro atoms. The van der Waals surface area contributed by atoms with E-state index < -0.39 is 4.92 Å². The molecule has 0 aromatic carbocycles. The normalized spacial score (nSPS) is 10.1. The van der Waals surface area contributed by atoms with E-state index in [9.17, 15) is 14.9 Å². The predicted molar refractivity (Wildman–Crippen MR) is 52.4 cm³/mol. The van der Waals surface area contributed by atoms with Crippen molar-refractivity contribution in [3.63, 3.8) is 0 Å². The summed E-state index contributed by atoms with van der Waals surface area (Å²) in [7, 11) is 0. The van der Waals surface area contributed by atoms with Crippen molar-refractivity contribution in [3.05, 3.63) is 38.3 Å². The third kappa shape index (κ3) is 1.99. The van der Waals surface area contributed by atoms with Crippen LogP contribution < -0.4 is 5.56 Å². The Hall–Kier alpha value is -1.65. The molecule has 1 heterocycles. The molecule has 1 aromatic rings. The molecule has 5 nitrogen and oxygen atoms in total. The highest BCUT2D eigenvalue weighted by molar-refractivity contribution is 5.35. The van der Waals surface area contributed by atoms with Gasteiger partial charge in [0.2, 0.25) is 0 Å². The predicted octanol–water partition coefficient (Wildman–Crippen LogP) is 1.47. The van der Waals surface area contributed by atoms with Gasteiger partial charge in [-0.05, 0) is 13.3 Å². The molecular weight excluding hydrogens is 184 g/mol. The first-order valence-electron chi connectivity index (χ1n) is 4.41. The second-order valence-corrected chi connectivity index (χ2v) is 3.13. The molecule has 0 atom stereocenters. The molecule has 0 aliphatic rings. The Labute approximate surface area is 81.1 Å². The largest absolute Gasteiger partial charge is 0.309 e. The van der Waals surface area contributed by atoms with E-state index in [1.807, 2.05) is 6.92 Å². The van der Waals surface area contributed by atoms with Crippen LogP contribution in [0, 0.1) is 17.0 Å². The van der Waals surface area contributed by atoms with Crippen LogP contribution in [0.2, 0.25) is 0 Å². The average Bonchev–Trinajstić information content (AvgIpc) is 2.09. The zero-order chi connectivity index (χ0) is 10.7. The van der Waals surface area contributed by atoms with E-state index in [-0.39, 0.29) is 11.2 Å². The monoisotopic (exact) mass is 196 g/mol. The average molecular weight is 196 g/mol. The number of hydrogen-bond donors (Lipinski definition) is 0. The van der Waals surface area contributed by atoms with Crippen LogP contribution in [0.4, 0.5) is 5.69 Å². The van der Waals surface area contributed by atoms with Crippen molar-refractivity contribution in [3.8, 4) is 0 Å². The lowest BCUT2D eigenvalue weighted by Crippen LogP contribution is -2.19. The van der Waals surface area contributed by atoms with Crippen LogP contribution in [0.1, 0.15) is 18.9 Å². The molecule has 0 N–H and O–H groups in total. The van der Waals surface area contributed by atoms with Crippen LogP contribution in [0.15, 0.2) is 17.1 Å². The van der Waals surface area contributed by atoms with Gasteiger partial charge in [0.15, 0.2) is 0 Å². The third-order valence-electron chi connectivity index (χ3n) is 1.97. The van der Waals surface area contributed by atoms with Crippen molar-refractivity contribution in [2.24, 2.45) is 0 Å². The number of aromatic nitrogens is 1. The van der Waals surface area contributed by atoms with Gasteiger partial charge in [0, 0.05) is 18.2 Å². The minimum atomic E-state index is -0.471. The maximum atomic E-state index is 11.3. The van der Waals surface area contributed by atoms with Gasteiger partial charge in [0.05, 0.1) is 11.1 Å². The molecule has 0 saturated heterocycles. The standard InChI is InChI=1S/C9H12N2O3/c1-3-4-10-6-8(11(13)14)7(2)5-9(10)12/h5-6H,3-4H2,1-2H3. The number of rotatable bonds is 3. The minimum absolute atomic E-state index is 0.00181. The molecule has 0 aliphatic carbocycles. The van der Waals surface area contributed by atoms with Crippen LogP contribution in [-0.4, -0.2) is 9.49 Å². The molecule has 5 heteroatoms. The summed E-state index contributed by atoms with van der Waals surface area (Å²) < 4.78 is 1.37. The van der Waals surface area contributed by atoms with Crippen LogP contribution in [0.3, 0.4) is 0 Å². The summed E-state index contributed by atoms with van der Waals surface area (Å²) in [6.07, 6.45) is 2.08. The molecule has 0 radical (unpaired) electrons. The number of aryl methyl sites for hydroxylation is 2. The Kier molecular flexibility index (Phi) is 3.01. The van der Waals surface area contributed by atoms with Crippen LogP contribution in [0.25, 0.3) is 0 Å². The molecular formula is C9H12N2O3. The number of pyridine rings is 1. The molecule has 0 bridgehead atoms. The Bertz CT molecular complexity index is 409. The van der Waals surface area contributed by atoms with E-state index in [4.69, 9.17) is 0 Å². The summed E-state index contributed by atoms with van der Waals surface area (Å²) >= 11 is 0. The first kappa shape index (κ1) is 10.4. The maximum absolute atomic E-state index is 11.3. The van der Waals surface area contributed by atoms with Crippen molar-refractivity contribution in [1.29, 1.82) is 0 Å². The fourth-order valence-electron chi connectivity index (χ4n) is 1.26. The van der Waals surface area contributed by atoms with E-state index in [1.165, 1.54) is 16.8 Å². The van der Waals surface area contributed by atoms with Gasteiger partial charge in [0.1, 0.15) is 0 Å². The first-order valence-corrected chi connectivity index (χ1v) is 4.41. The number of nitro groups is 1. The highest BCUT2D eigenvalue weighted by atomic mass is 16.6. The van der Waals surface area contributed by atoms with Crippen molar-refractivity contribution >= 4 is 5.69 Å². The summed E-state index contributed by atoms with van der Waals surface area (Å²) in [6.45, 7) is 3.99. The third-order valence-corrected chi connectivity index (χ3v) is 1.97. The summed E-state index contributed by atoms with van der Waals surface area (Å²) in [5, 5.41) is 10.6. The lowest BCUT2D eigenvalue weighted by atomic mass is 10.2. The summed E-state index contributed by atoms with van der Waals surface area (Å²) in [4.78, 5) is 21.5. The van der Waals surface area contributed by atoms with Crippen LogP contribution >= 0.6 is 0 Å². The zero-order valence-electron chi connectivity index (χ0n) is 8.19. The van der Waals surface area contributed by atoms with Gasteiger partial charge in [-0.2, -0.15) is 0 Å². The van der Waals surface area contributed by atoms with E-state index in [0.717, 1.165) is 6.42 Å². The number of nitrogens with zero attached hydrogens (tertiary/aromatic N) is 2. The molecule has 0 fully saturated rings. The summed E-state index contributed by atoms with van der Waals surface area (Å²) in [5.41, 5.74) is 0.223. The molecule has 1 aromatic heterocycles. The molecule has 76 valence electrons. The highest BCUT2D eigenvalue weighted by Gasteiger charge is 2.12. The van der Waals surface area contributed by atoms with Crippen molar-refractivity contribution in [2.45, 2.75) is 26.8 Å². The quantitative estimate of drug-likeness (QED) is 0.543. The molecule has 0 amide bonds. The maximum Gasteiger partial charge on any atom is 0.288 e. The second kappa shape index (κ2) is 4.04. The van der Waals surface area contributed by atoms with Crippen molar-refractivity contribution in [1.82, 2.24) is 4.57 Å². The Morgan fingerprint density at radius 2 is 2.21 bits per heavy atom. The lowest BCUT2D eigenvalue weighted by molar-refractivity contribution is -0.385. The molecule has 1 rings (SSSR count). The van der Waals surface area contributed by atoms with E-state index in [2.05, 4.69) is 0 Å². The lowest BCUT2D eigenvalue weighted by Gasteiger charge is -2.03. The van der Waals surface area contributed by atoms with Gasteiger partial charge in [-0.15, -0.1) is 0 Å². The van der Waals surface area contributed by atoms with Gasteiger partial charge >= 0.3 is 0 Å². The van der Waals surface area contributed by atoms with Crippen molar-refractivity contribution in [2.75, 3.05) is 0 Å². The van der Waals surface area contributed by atoms with Gasteiger partial charge in [-0.1, -0.05) is 6.92 Å². The van der Waals surface area contributed by atoms with Crippen LogP contribution in [0.5, 0.6) is 0 Å². The van der Waals surface area contributed by atoms with Gasteiger partial charge in [-0.25, -0.2) is 0 Å². The highest BCUT2D eigenvalue weighted by Crippen LogP contribution is 2.13. The SMILES string of the molecule is CCCn1cc([N+](=O)[O-])c(C)cc1=O. The Morgan fingerprint density at radius 3 is 2.71 bits per heavy atom. The summed E-state index contributed by atoms with van der Waals surface area (Å²) in [5.74, 6) is 0. The van der Waals surface area contributed by atoms with E-state index in [0.29, 0.717) is 12.1 Å². The fraction of sp³-hybridized carbons (Fsp3) is 0.444. The zero-order valence-corrected chi connectivity index (χ0v) is 8.19. The van der Waals surface area contributed by atoms with Gasteiger partial charge in [0.25, 0.3) is 11.2 Å². The minimum Gasteiger partial charge on any atom is -0.309 e. The second-order valence-electron chi connectivity index (χ2n) is 3.13. The first-order chi connectivity index (χ1) is 6.56. The van der Waals surface area contributed by atoms with Gasteiger partial charge in [-0.3, -0.25) is 14.9 Å². The smallest absolute Gasteiger partial charge is 0.288 e. The van der Waals surface area contributed by atoms with E-state index >= 15 is 0 Å². The van der Waals surface area contributed by atoms with Crippen molar-refractivity contribution < 1.29 is 4.92 Å². The molecule has 0 saturated carbocycles. The Balaban J connectivity index is 3.27. The molecule has 0 aliphatic heterocycles. The van der Waals surface area contributed by atoms with Gasteiger partial charge < -0.3 is 4.57 Å². The van der Waals surface area contributed by atoms with Crippen LogP contribution in [-0.2, 0) is 6.54 Å².